The van der Waals surface area contributed by atoms with Crippen molar-refractivity contribution >= 4 is 34.0 Å². The van der Waals surface area contributed by atoms with Crippen LogP contribution in [-0.4, -0.2) is 47.8 Å². The molecule has 0 spiro atoms. The van der Waals surface area contributed by atoms with E-state index in [1.54, 1.807) is 29.3 Å². The maximum Gasteiger partial charge on any atom is 0.337 e. The Morgan fingerprint density at radius 3 is 2.74 bits per heavy atom. The number of benzene rings is 1. The van der Waals surface area contributed by atoms with Gasteiger partial charge in [0.05, 0.1) is 35.9 Å². The largest absolute Gasteiger partial charge is 0.394 e. The van der Waals surface area contributed by atoms with Crippen molar-refractivity contribution in [3.05, 3.63) is 102 Å². The van der Waals surface area contributed by atoms with Gasteiger partial charge in [-0.15, -0.1) is 0 Å². The van der Waals surface area contributed by atoms with E-state index in [0.717, 1.165) is 21.6 Å². The highest BCUT2D eigenvalue weighted by atomic mass is 35.5. The molecule has 1 atom stereocenters. The first-order chi connectivity index (χ1) is 18.8. The topological polar surface area (TPSA) is 118 Å². The van der Waals surface area contributed by atoms with Gasteiger partial charge in [0.2, 0.25) is 0 Å². The number of H-pyrrole nitrogens is 1. The molecule has 0 amide bonds. The molecule has 5 aromatic rings. The van der Waals surface area contributed by atoms with Crippen LogP contribution in [0.1, 0.15) is 18.4 Å². The van der Waals surface area contributed by atoms with Crippen molar-refractivity contribution in [2.75, 3.05) is 18.1 Å². The number of halogens is 3. The van der Waals surface area contributed by atoms with Gasteiger partial charge >= 0.3 is 5.69 Å². The number of fused-ring (bicyclic) bond motifs is 2. The zero-order valence-electron chi connectivity index (χ0n) is 20.3. The predicted molar refractivity (Wildman–Crippen MR) is 141 cm³/mol. The van der Waals surface area contributed by atoms with E-state index in [-0.39, 0.29) is 41.5 Å². The summed E-state index contributed by atoms with van der Waals surface area (Å²) in [6, 6.07) is 8.45. The van der Waals surface area contributed by atoms with Crippen molar-refractivity contribution in [3.63, 3.8) is 0 Å². The summed E-state index contributed by atoms with van der Waals surface area (Å²) in [4.78, 5) is 49.9. The van der Waals surface area contributed by atoms with Crippen LogP contribution in [0.5, 0.6) is 0 Å². The fourth-order valence-electron chi connectivity index (χ4n) is 5.19. The fraction of sp³-hybridized carbons (Fsp3) is 0.231. The molecule has 1 aliphatic rings. The molecule has 0 radical (unpaired) electrons. The number of rotatable bonds is 5. The number of hydrogen-bond acceptors (Lipinski definition) is 6. The van der Waals surface area contributed by atoms with Crippen LogP contribution < -0.4 is 21.7 Å². The van der Waals surface area contributed by atoms with Crippen molar-refractivity contribution in [1.29, 1.82) is 0 Å². The lowest BCUT2D eigenvalue weighted by atomic mass is 10.2. The molecular formula is C26H21ClF2N6O4. The van der Waals surface area contributed by atoms with Gasteiger partial charge in [0.25, 0.3) is 11.1 Å². The minimum atomic E-state index is -1.23. The van der Waals surface area contributed by atoms with Crippen LogP contribution in [0, 0.1) is 11.6 Å². The Labute approximate surface area is 223 Å². The lowest BCUT2D eigenvalue weighted by Gasteiger charge is -2.25. The highest BCUT2D eigenvalue weighted by molar-refractivity contribution is 6.30. The molecule has 1 fully saturated rings. The maximum atomic E-state index is 14.2. The first-order valence-corrected chi connectivity index (χ1v) is 12.5. The van der Waals surface area contributed by atoms with Crippen LogP contribution in [0.15, 0.2) is 63.2 Å². The van der Waals surface area contributed by atoms with Crippen LogP contribution in [-0.2, 0) is 6.54 Å². The average Bonchev–Trinajstić information content (AvgIpc) is 3.57. The van der Waals surface area contributed by atoms with Gasteiger partial charge in [-0.2, -0.15) is 0 Å². The van der Waals surface area contributed by atoms with Gasteiger partial charge in [-0.25, -0.2) is 23.1 Å². The second-order valence-corrected chi connectivity index (χ2v) is 9.75. The summed E-state index contributed by atoms with van der Waals surface area (Å²) in [5.41, 5.74) is -1.83. The number of hydrogen-bond donors (Lipinski definition) is 2. The van der Waals surface area contributed by atoms with E-state index in [1.165, 1.54) is 22.7 Å². The van der Waals surface area contributed by atoms with Gasteiger partial charge in [-0.05, 0) is 42.7 Å². The van der Waals surface area contributed by atoms with Crippen LogP contribution in [0.4, 0.5) is 14.6 Å². The minimum absolute atomic E-state index is 0.00161. The summed E-state index contributed by atoms with van der Waals surface area (Å²) < 4.78 is 31.6. The van der Waals surface area contributed by atoms with Crippen LogP contribution in [0.25, 0.3) is 22.4 Å². The standard InChI is InChI=1S/C26H21ClF2N6O4/c27-16-8-14(9-17(28)23(16)29)12-34-18-10-20(32-7-3-4-15(32)13-36)31-24(37)22(18)25(38)35(26(34)39)21-11-30-19-5-1-2-6-33(19)21/h1-2,5-6,8-11,15,36H,3-4,7,12-13H2,(H,31,37)/t15-/m1/s1. The van der Waals surface area contributed by atoms with Crippen LogP contribution in [0.2, 0.25) is 5.02 Å². The van der Waals surface area contributed by atoms with Crippen molar-refractivity contribution in [2.24, 2.45) is 0 Å². The number of aliphatic hydroxyl groups is 1. The smallest absolute Gasteiger partial charge is 0.337 e. The molecular weight excluding hydrogens is 534 g/mol. The molecule has 1 aliphatic heterocycles. The van der Waals surface area contributed by atoms with E-state index in [2.05, 4.69) is 9.97 Å². The lowest BCUT2D eigenvalue weighted by molar-refractivity contribution is 0.266. The second kappa shape index (κ2) is 9.47. The molecule has 0 bridgehead atoms. The van der Waals surface area contributed by atoms with Crippen molar-refractivity contribution in [2.45, 2.75) is 25.4 Å². The third-order valence-electron chi connectivity index (χ3n) is 7.04. The van der Waals surface area contributed by atoms with Gasteiger partial charge < -0.3 is 15.0 Å². The summed E-state index contributed by atoms with van der Waals surface area (Å²) in [7, 11) is 0. The molecule has 0 unspecified atom stereocenters. The molecule has 10 nitrogen and oxygen atoms in total. The summed E-state index contributed by atoms with van der Waals surface area (Å²) in [6.07, 6.45) is 4.43. The van der Waals surface area contributed by atoms with Gasteiger partial charge in [0, 0.05) is 18.8 Å². The summed E-state index contributed by atoms with van der Waals surface area (Å²) in [5, 5.41) is 9.01. The van der Waals surface area contributed by atoms with E-state index in [0.29, 0.717) is 24.4 Å². The van der Waals surface area contributed by atoms with Crippen molar-refractivity contribution in [3.8, 4) is 5.82 Å². The van der Waals surface area contributed by atoms with E-state index in [1.807, 2.05) is 0 Å². The summed E-state index contributed by atoms with van der Waals surface area (Å²) in [6.45, 7) is 0.0836. The third-order valence-corrected chi connectivity index (χ3v) is 7.31. The number of anilines is 1. The predicted octanol–water partition coefficient (Wildman–Crippen LogP) is 2.43. The summed E-state index contributed by atoms with van der Waals surface area (Å²) in [5.74, 6) is -2.00. The average molecular weight is 555 g/mol. The Bertz CT molecular complexity index is 1920. The molecule has 1 aromatic carbocycles. The van der Waals surface area contributed by atoms with Crippen LogP contribution in [0.3, 0.4) is 0 Å². The fourth-order valence-corrected chi connectivity index (χ4v) is 5.42. The van der Waals surface area contributed by atoms with Gasteiger partial charge in [-0.3, -0.25) is 18.6 Å². The molecule has 6 rings (SSSR count). The minimum Gasteiger partial charge on any atom is -0.394 e. The number of nitrogens with one attached hydrogen (secondary N) is 1. The zero-order chi connectivity index (χ0) is 27.4. The number of nitrogens with zero attached hydrogens (tertiary/aromatic N) is 5. The monoisotopic (exact) mass is 554 g/mol. The molecule has 5 heterocycles. The number of aromatic nitrogens is 5. The Balaban J connectivity index is 1.67. The normalized spacial score (nSPS) is 15.6. The second-order valence-electron chi connectivity index (χ2n) is 9.34. The quantitative estimate of drug-likeness (QED) is 0.322. The number of imidazole rings is 1. The van der Waals surface area contributed by atoms with Gasteiger partial charge in [0.1, 0.15) is 22.7 Å². The number of aliphatic hydroxyl groups excluding tert-OH is 1. The maximum absolute atomic E-state index is 14.2. The van der Waals surface area contributed by atoms with E-state index in [9.17, 15) is 28.3 Å². The van der Waals surface area contributed by atoms with Gasteiger partial charge in [-0.1, -0.05) is 17.7 Å². The highest BCUT2D eigenvalue weighted by Crippen LogP contribution is 2.25. The Kier molecular flexibility index (Phi) is 6.07. The Morgan fingerprint density at radius 2 is 1.97 bits per heavy atom. The van der Waals surface area contributed by atoms with Gasteiger partial charge in [0.15, 0.2) is 11.6 Å². The lowest BCUT2D eigenvalue weighted by Crippen LogP contribution is -2.42. The zero-order valence-corrected chi connectivity index (χ0v) is 21.0. The van der Waals surface area contributed by atoms with E-state index in [4.69, 9.17) is 11.6 Å². The molecule has 1 saturated heterocycles. The highest BCUT2D eigenvalue weighted by Gasteiger charge is 2.27. The molecule has 4 aromatic heterocycles. The third kappa shape index (κ3) is 4.03. The van der Waals surface area contributed by atoms with Crippen molar-refractivity contribution in [1.82, 2.24) is 23.5 Å². The first kappa shape index (κ1) is 25.0. The SMILES string of the molecule is O=c1[nH]c(N2CCC[C@@H]2CO)cc2c1c(=O)n(-c1cnc3ccccn13)c(=O)n2Cc1cc(F)c(F)c(Cl)c1. The van der Waals surface area contributed by atoms with E-state index < -0.39 is 33.5 Å². The molecule has 0 aliphatic carbocycles. The Hall–Kier alpha value is -4.29. The summed E-state index contributed by atoms with van der Waals surface area (Å²) >= 11 is 5.86. The molecule has 200 valence electrons. The molecule has 0 saturated carbocycles. The number of aromatic amines is 1. The van der Waals surface area contributed by atoms with E-state index >= 15 is 0 Å². The molecule has 39 heavy (non-hydrogen) atoms. The Morgan fingerprint density at radius 1 is 1.15 bits per heavy atom. The van der Waals surface area contributed by atoms with Crippen LogP contribution >= 0.6 is 11.6 Å². The molecule has 13 heteroatoms. The first-order valence-electron chi connectivity index (χ1n) is 12.1. The molecule has 2 N–H and O–H groups in total. The number of pyridine rings is 2. The van der Waals surface area contributed by atoms with Crippen molar-refractivity contribution < 1.29 is 13.9 Å².